The van der Waals surface area contributed by atoms with Crippen molar-refractivity contribution in [3.05, 3.63) is 138 Å². The molecule has 1 N–H and O–H groups in total. The molecule has 0 radical (unpaired) electrons. The van der Waals surface area contributed by atoms with Gasteiger partial charge in [0.05, 0.1) is 11.2 Å². The van der Waals surface area contributed by atoms with E-state index < -0.39 is 0 Å². The summed E-state index contributed by atoms with van der Waals surface area (Å²) in [5.74, 6) is 0. The third-order valence-corrected chi connectivity index (χ3v) is 12.9. The van der Waals surface area contributed by atoms with Crippen LogP contribution in [0.1, 0.15) is 79.0 Å². The van der Waals surface area contributed by atoms with Gasteiger partial charge in [-0.15, -0.1) is 0 Å². The Morgan fingerprint density at radius 1 is 0.475 bits per heavy atom. The van der Waals surface area contributed by atoms with E-state index in [1.54, 1.807) is 0 Å². The first kappa shape index (κ1) is 35.9. The Bertz CT molecular complexity index is 3370. The molecule has 0 amide bonds. The van der Waals surface area contributed by atoms with Crippen LogP contribution < -0.4 is 16.2 Å². The fourth-order valence-corrected chi connectivity index (χ4v) is 9.50. The number of benzene rings is 7. The molecule has 59 heavy (non-hydrogen) atoms. The van der Waals surface area contributed by atoms with Crippen LogP contribution in [0.3, 0.4) is 0 Å². The summed E-state index contributed by atoms with van der Waals surface area (Å²) >= 11 is 0. The molecular formula is C54H49BN2O2. The van der Waals surface area contributed by atoms with E-state index in [4.69, 9.17) is 8.83 Å². The van der Waals surface area contributed by atoms with Crippen molar-refractivity contribution >= 4 is 95.3 Å². The number of aromatic nitrogens is 1. The van der Waals surface area contributed by atoms with Crippen LogP contribution in [0, 0.1) is 0 Å². The molecule has 4 nitrogen and oxygen atoms in total. The zero-order chi connectivity index (χ0) is 40.7. The summed E-state index contributed by atoms with van der Waals surface area (Å²) in [5, 5.41) is 10.9. The molecule has 10 aromatic rings. The van der Waals surface area contributed by atoms with Crippen molar-refractivity contribution in [2.24, 2.45) is 0 Å². The number of anilines is 2. The summed E-state index contributed by atoms with van der Waals surface area (Å²) < 4.78 is 15.7. The van der Waals surface area contributed by atoms with E-state index in [0.717, 1.165) is 68.1 Å². The van der Waals surface area contributed by atoms with Gasteiger partial charge in [-0.3, -0.25) is 0 Å². The van der Waals surface area contributed by atoms with Gasteiger partial charge in [0.1, 0.15) is 22.3 Å². The van der Waals surface area contributed by atoms with E-state index in [1.165, 1.54) is 60.7 Å². The minimum atomic E-state index is 0.0135. The van der Waals surface area contributed by atoms with Gasteiger partial charge in [-0.2, -0.15) is 0 Å². The highest BCUT2D eigenvalue weighted by Crippen LogP contribution is 2.44. The number of fused-ring (bicyclic) bond motifs is 11. The molecule has 0 aliphatic carbocycles. The summed E-state index contributed by atoms with van der Waals surface area (Å²) in [6, 6.07) is 45.1. The number of hydrogen-bond donors (Lipinski definition) is 1. The van der Waals surface area contributed by atoms with Crippen LogP contribution in [-0.2, 0) is 16.2 Å². The summed E-state index contributed by atoms with van der Waals surface area (Å²) in [6.07, 6.45) is 0. The predicted molar refractivity (Wildman–Crippen MR) is 253 cm³/mol. The number of rotatable bonds is 3. The van der Waals surface area contributed by atoms with Crippen molar-refractivity contribution in [2.75, 3.05) is 5.32 Å². The quantitative estimate of drug-likeness (QED) is 0.182. The number of para-hydroxylation sites is 1. The highest BCUT2D eigenvalue weighted by atomic mass is 16.3. The molecule has 5 heteroatoms. The molecule has 0 bridgehead atoms. The smallest absolute Gasteiger partial charge is 0.198 e. The van der Waals surface area contributed by atoms with Crippen LogP contribution in [0.5, 0.6) is 0 Å². The lowest BCUT2D eigenvalue weighted by Gasteiger charge is -2.26. The highest BCUT2D eigenvalue weighted by molar-refractivity contribution is 6.73. The second-order valence-corrected chi connectivity index (χ2v) is 20.0. The topological polar surface area (TPSA) is 43.2 Å². The number of hydrogen-bond acceptors (Lipinski definition) is 3. The first-order valence-electron chi connectivity index (χ1n) is 21.0. The molecule has 3 aromatic heterocycles. The van der Waals surface area contributed by atoms with Crippen LogP contribution >= 0.6 is 0 Å². The minimum absolute atomic E-state index is 0.0135. The molecule has 0 saturated heterocycles. The maximum Gasteiger partial charge on any atom is 0.198 e. The average Bonchev–Trinajstić information content (AvgIpc) is 3.85. The van der Waals surface area contributed by atoms with Gasteiger partial charge in [-0.1, -0.05) is 135 Å². The monoisotopic (exact) mass is 768 g/mol. The first-order valence-corrected chi connectivity index (χ1v) is 21.0. The normalized spacial score (nSPS) is 13.3. The lowest BCUT2D eigenvalue weighted by Crippen LogP contribution is -2.38. The summed E-state index contributed by atoms with van der Waals surface area (Å²) in [7, 11) is 0.820. The molecule has 0 spiro atoms. The van der Waals surface area contributed by atoms with E-state index in [2.05, 4.69) is 187 Å². The highest BCUT2D eigenvalue weighted by Gasteiger charge is 2.29. The lowest BCUT2D eigenvalue weighted by atomic mass is 9.58. The molecule has 7 aromatic carbocycles. The summed E-state index contributed by atoms with van der Waals surface area (Å²) in [6.45, 7) is 20.5. The third kappa shape index (κ3) is 5.58. The van der Waals surface area contributed by atoms with Crippen molar-refractivity contribution < 1.29 is 8.83 Å². The summed E-state index contributed by atoms with van der Waals surface area (Å²) in [4.78, 5) is 0. The lowest BCUT2D eigenvalue weighted by molar-refractivity contribution is 0.587. The van der Waals surface area contributed by atoms with Gasteiger partial charge < -0.3 is 18.7 Å². The zero-order valence-corrected chi connectivity index (χ0v) is 35.5. The van der Waals surface area contributed by atoms with Gasteiger partial charge in [0.15, 0.2) is 7.28 Å². The molecule has 0 saturated carbocycles. The Morgan fingerprint density at radius 3 is 1.85 bits per heavy atom. The van der Waals surface area contributed by atoms with E-state index >= 15 is 0 Å². The Balaban J connectivity index is 1.20. The minimum Gasteiger partial charge on any atom is -0.456 e. The van der Waals surface area contributed by atoms with Crippen molar-refractivity contribution in [2.45, 2.75) is 78.6 Å². The zero-order valence-electron chi connectivity index (χ0n) is 35.5. The Morgan fingerprint density at radius 2 is 1.08 bits per heavy atom. The maximum atomic E-state index is 6.72. The number of nitrogens with zero attached hydrogens (tertiary/aromatic N) is 1. The maximum absolute atomic E-state index is 6.72. The van der Waals surface area contributed by atoms with Gasteiger partial charge in [-0.25, -0.2) is 0 Å². The summed E-state index contributed by atoms with van der Waals surface area (Å²) in [5.41, 5.74) is 18.5. The molecule has 11 rings (SSSR count). The molecule has 4 heterocycles. The average molecular weight is 769 g/mol. The van der Waals surface area contributed by atoms with Crippen molar-refractivity contribution in [1.82, 2.24) is 4.57 Å². The van der Waals surface area contributed by atoms with Gasteiger partial charge in [-0.05, 0) is 92.5 Å². The van der Waals surface area contributed by atoms with Crippen molar-refractivity contribution in [1.29, 1.82) is 0 Å². The van der Waals surface area contributed by atoms with Crippen LogP contribution in [0.25, 0.3) is 82.5 Å². The predicted octanol–water partition coefficient (Wildman–Crippen LogP) is 13.6. The van der Waals surface area contributed by atoms with Crippen LogP contribution in [0.2, 0.25) is 0 Å². The standard InChI is InChI=1S/C54H49BN2O2/c1-52(2,3)30-14-18-33(19-15-30)56-43-29-49-40(35-20-16-32(54(7,8)9)25-47(35)59-49)26-38(43)36-21-22-37-39-28-48-41(34-12-10-11-13-46(34)58-48)27-45(39)57-44-23-17-31(53(4,5)6)24-42(44)55-50(36)51(37)57/h10-29,55-56H,1-9H3. The molecule has 0 atom stereocenters. The molecule has 290 valence electrons. The molecule has 1 aliphatic heterocycles. The van der Waals surface area contributed by atoms with Crippen molar-refractivity contribution in [3.63, 3.8) is 0 Å². The van der Waals surface area contributed by atoms with E-state index in [9.17, 15) is 0 Å². The van der Waals surface area contributed by atoms with Crippen LogP contribution in [-0.4, -0.2) is 11.8 Å². The Labute approximate surface area is 346 Å². The fraction of sp³-hybridized carbons (Fsp3) is 0.222. The van der Waals surface area contributed by atoms with Gasteiger partial charge >= 0.3 is 0 Å². The van der Waals surface area contributed by atoms with Crippen LogP contribution in [0.4, 0.5) is 11.4 Å². The first-order chi connectivity index (χ1) is 28.1. The molecular weight excluding hydrogens is 719 g/mol. The Hall–Kier alpha value is -6.20. The second-order valence-electron chi connectivity index (χ2n) is 20.0. The number of nitrogens with one attached hydrogen (secondary N) is 1. The molecule has 1 aliphatic rings. The van der Waals surface area contributed by atoms with E-state index in [-0.39, 0.29) is 16.2 Å². The second kappa shape index (κ2) is 12.2. The van der Waals surface area contributed by atoms with Gasteiger partial charge in [0, 0.05) is 60.8 Å². The van der Waals surface area contributed by atoms with Gasteiger partial charge in [0.2, 0.25) is 0 Å². The largest absolute Gasteiger partial charge is 0.456 e. The van der Waals surface area contributed by atoms with Crippen LogP contribution in [0.15, 0.2) is 130 Å². The SMILES string of the molecule is CC(C)(C)c1ccc(Nc2cc3oc4cc(C(C)(C)C)ccc4c3cc2-c2ccc3c4cc5oc6ccccc6c5cc4n4c3c2Bc2cc(C(C)(C)C)ccc2-4)cc1. The molecule has 0 unspecified atom stereocenters. The fourth-order valence-electron chi connectivity index (χ4n) is 9.50. The van der Waals surface area contributed by atoms with Crippen molar-refractivity contribution in [3.8, 4) is 16.8 Å². The number of furan rings is 2. The third-order valence-electron chi connectivity index (χ3n) is 12.9. The van der Waals surface area contributed by atoms with Gasteiger partial charge in [0.25, 0.3) is 0 Å². The van der Waals surface area contributed by atoms with E-state index in [0.29, 0.717) is 0 Å². The van der Waals surface area contributed by atoms with E-state index in [1.807, 2.05) is 6.07 Å². The Kier molecular flexibility index (Phi) is 7.41. The molecule has 0 fully saturated rings.